The van der Waals surface area contributed by atoms with Crippen molar-refractivity contribution in [3.05, 3.63) is 33.1 Å². The Morgan fingerprint density at radius 2 is 2.12 bits per heavy atom. The predicted octanol–water partition coefficient (Wildman–Crippen LogP) is 2.43. The van der Waals surface area contributed by atoms with Gasteiger partial charge in [-0.15, -0.1) is 0 Å². The first-order valence-corrected chi connectivity index (χ1v) is 5.65. The topological polar surface area (TPSA) is 47.8 Å². The third-order valence-electron chi connectivity index (χ3n) is 2.64. The number of rotatable bonds is 1. The molecular weight excluding hydrogens is 249 g/mol. The van der Waals surface area contributed by atoms with Gasteiger partial charge in [0.25, 0.3) is 5.56 Å². The molecule has 0 amide bonds. The van der Waals surface area contributed by atoms with Crippen LogP contribution in [0, 0.1) is 0 Å². The summed E-state index contributed by atoms with van der Waals surface area (Å²) in [5.74, 6) is 0. The summed E-state index contributed by atoms with van der Waals surface area (Å²) in [6.45, 7) is 0. The van der Waals surface area contributed by atoms with Crippen LogP contribution in [0.3, 0.4) is 0 Å². The minimum Gasteiger partial charge on any atom is -0.296 e. The summed E-state index contributed by atoms with van der Waals surface area (Å²) in [4.78, 5) is 20.1. The van der Waals surface area contributed by atoms with Crippen molar-refractivity contribution in [1.29, 1.82) is 0 Å². The molecule has 0 unspecified atom stereocenters. The van der Waals surface area contributed by atoms with Crippen LogP contribution in [0.4, 0.5) is 0 Å². The zero-order valence-electron chi connectivity index (χ0n) is 8.15. The molecule has 1 fully saturated rings. The van der Waals surface area contributed by atoms with Gasteiger partial charge in [-0.2, -0.15) is 0 Å². The average molecular weight is 256 g/mol. The van der Waals surface area contributed by atoms with Crippen molar-refractivity contribution >= 4 is 34.1 Å². The molecular formula is C10H7Cl2N3O. The SMILES string of the molecule is O=c1c2cc(Cl)nc(Cl)c2ncn1C1CC1. The molecule has 1 saturated carbocycles. The van der Waals surface area contributed by atoms with Crippen molar-refractivity contribution in [3.63, 3.8) is 0 Å². The monoisotopic (exact) mass is 255 g/mol. The Hall–Kier alpha value is -1.13. The van der Waals surface area contributed by atoms with Gasteiger partial charge in [0, 0.05) is 6.04 Å². The van der Waals surface area contributed by atoms with E-state index in [0.717, 1.165) is 12.8 Å². The molecule has 0 saturated heterocycles. The average Bonchev–Trinajstić information content (AvgIpc) is 3.03. The van der Waals surface area contributed by atoms with Gasteiger partial charge in [-0.3, -0.25) is 9.36 Å². The Bertz CT molecular complexity index is 634. The summed E-state index contributed by atoms with van der Waals surface area (Å²) in [5, 5.41) is 0.812. The lowest BCUT2D eigenvalue weighted by Crippen LogP contribution is -2.19. The second-order valence-electron chi connectivity index (χ2n) is 3.82. The molecule has 0 spiro atoms. The molecule has 2 heterocycles. The van der Waals surface area contributed by atoms with Crippen LogP contribution in [0.25, 0.3) is 10.9 Å². The van der Waals surface area contributed by atoms with Crippen molar-refractivity contribution in [2.75, 3.05) is 0 Å². The zero-order valence-corrected chi connectivity index (χ0v) is 9.66. The van der Waals surface area contributed by atoms with Crippen LogP contribution in [-0.2, 0) is 0 Å². The highest BCUT2D eigenvalue weighted by molar-refractivity contribution is 6.36. The summed E-state index contributed by atoms with van der Waals surface area (Å²) >= 11 is 11.6. The quantitative estimate of drug-likeness (QED) is 0.736. The van der Waals surface area contributed by atoms with Gasteiger partial charge in [0.2, 0.25) is 0 Å². The molecule has 4 nitrogen and oxygen atoms in total. The second-order valence-corrected chi connectivity index (χ2v) is 4.57. The Labute approximate surface area is 101 Å². The van der Waals surface area contributed by atoms with Gasteiger partial charge in [-0.25, -0.2) is 9.97 Å². The van der Waals surface area contributed by atoms with E-state index in [1.807, 2.05) is 0 Å². The Morgan fingerprint density at radius 1 is 1.38 bits per heavy atom. The third kappa shape index (κ3) is 1.49. The smallest absolute Gasteiger partial charge is 0.261 e. The van der Waals surface area contributed by atoms with E-state index in [9.17, 15) is 4.79 Å². The maximum atomic E-state index is 12.1. The van der Waals surface area contributed by atoms with Crippen LogP contribution in [0.15, 0.2) is 17.2 Å². The largest absolute Gasteiger partial charge is 0.296 e. The number of hydrogen-bond donors (Lipinski definition) is 0. The molecule has 1 aliphatic rings. The van der Waals surface area contributed by atoms with Gasteiger partial charge in [-0.05, 0) is 18.9 Å². The van der Waals surface area contributed by atoms with E-state index >= 15 is 0 Å². The molecule has 82 valence electrons. The summed E-state index contributed by atoms with van der Waals surface area (Å²) in [6.07, 6.45) is 3.59. The highest BCUT2D eigenvalue weighted by atomic mass is 35.5. The van der Waals surface area contributed by atoms with Crippen LogP contribution in [0.1, 0.15) is 18.9 Å². The number of nitrogens with zero attached hydrogens (tertiary/aromatic N) is 3. The maximum Gasteiger partial charge on any atom is 0.261 e. The third-order valence-corrected chi connectivity index (χ3v) is 3.09. The van der Waals surface area contributed by atoms with E-state index in [2.05, 4.69) is 9.97 Å². The maximum absolute atomic E-state index is 12.1. The molecule has 2 aromatic heterocycles. The van der Waals surface area contributed by atoms with Gasteiger partial charge in [0.05, 0.1) is 11.7 Å². The molecule has 0 bridgehead atoms. The second kappa shape index (κ2) is 3.43. The Kier molecular flexibility index (Phi) is 2.16. The number of pyridine rings is 1. The number of fused-ring (bicyclic) bond motifs is 1. The van der Waals surface area contributed by atoms with E-state index in [1.165, 1.54) is 12.4 Å². The summed E-state index contributed by atoms with van der Waals surface area (Å²) < 4.78 is 1.63. The van der Waals surface area contributed by atoms with E-state index in [0.29, 0.717) is 10.9 Å². The van der Waals surface area contributed by atoms with E-state index in [1.54, 1.807) is 4.57 Å². The number of aromatic nitrogens is 3. The van der Waals surface area contributed by atoms with Gasteiger partial charge in [0.1, 0.15) is 10.7 Å². The molecule has 0 radical (unpaired) electrons. The van der Waals surface area contributed by atoms with Crippen molar-refractivity contribution in [1.82, 2.24) is 14.5 Å². The lowest BCUT2D eigenvalue weighted by atomic mass is 10.3. The molecule has 0 N–H and O–H groups in total. The van der Waals surface area contributed by atoms with Crippen molar-refractivity contribution in [3.8, 4) is 0 Å². The lowest BCUT2D eigenvalue weighted by molar-refractivity contribution is 0.698. The molecule has 0 atom stereocenters. The van der Waals surface area contributed by atoms with Crippen molar-refractivity contribution < 1.29 is 0 Å². The normalized spacial score (nSPS) is 15.6. The molecule has 16 heavy (non-hydrogen) atoms. The fraction of sp³-hybridized carbons (Fsp3) is 0.300. The summed E-state index contributed by atoms with van der Waals surface area (Å²) in [7, 11) is 0. The number of hydrogen-bond acceptors (Lipinski definition) is 3. The zero-order chi connectivity index (χ0) is 11.3. The van der Waals surface area contributed by atoms with Gasteiger partial charge < -0.3 is 0 Å². The fourth-order valence-electron chi connectivity index (χ4n) is 1.69. The van der Waals surface area contributed by atoms with Crippen LogP contribution in [0.5, 0.6) is 0 Å². The number of halogens is 2. The van der Waals surface area contributed by atoms with Crippen LogP contribution in [0.2, 0.25) is 10.3 Å². The van der Waals surface area contributed by atoms with Crippen molar-refractivity contribution in [2.24, 2.45) is 0 Å². The standard InChI is InChI=1S/C10H7Cl2N3O/c11-7-3-6-8(9(12)14-7)13-4-15(10(6)16)5-1-2-5/h3-5H,1-2H2. The van der Waals surface area contributed by atoms with Gasteiger partial charge in [0.15, 0.2) is 5.15 Å². The highest BCUT2D eigenvalue weighted by Crippen LogP contribution is 2.33. The summed E-state index contributed by atoms with van der Waals surface area (Å²) in [6, 6.07) is 1.80. The van der Waals surface area contributed by atoms with Gasteiger partial charge >= 0.3 is 0 Å². The lowest BCUT2D eigenvalue weighted by Gasteiger charge is -2.05. The predicted molar refractivity (Wildman–Crippen MR) is 62.1 cm³/mol. The molecule has 6 heteroatoms. The molecule has 0 aromatic carbocycles. The fourth-order valence-corrected chi connectivity index (χ4v) is 2.17. The molecule has 2 aromatic rings. The van der Waals surface area contributed by atoms with Gasteiger partial charge in [-0.1, -0.05) is 23.2 Å². The highest BCUT2D eigenvalue weighted by Gasteiger charge is 2.25. The first-order valence-electron chi connectivity index (χ1n) is 4.89. The van der Waals surface area contributed by atoms with Crippen LogP contribution < -0.4 is 5.56 Å². The van der Waals surface area contributed by atoms with E-state index < -0.39 is 0 Å². The van der Waals surface area contributed by atoms with Crippen LogP contribution >= 0.6 is 23.2 Å². The van der Waals surface area contributed by atoms with Crippen molar-refractivity contribution in [2.45, 2.75) is 18.9 Å². The minimum absolute atomic E-state index is 0.0984. The summed E-state index contributed by atoms with van der Waals surface area (Å²) in [5.41, 5.74) is 0.312. The first kappa shape index (κ1) is 10.1. The Balaban J connectivity index is 2.38. The molecule has 3 rings (SSSR count). The molecule has 0 aliphatic heterocycles. The molecule has 1 aliphatic carbocycles. The first-order chi connectivity index (χ1) is 7.66. The van der Waals surface area contributed by atoms with E-state index in [4.69, 9.17) is 23.2 Å². The minimum atomic E-state index is -0.0984. The van der Waals surface area contributed by atoms with E-state index in [-0.39, 0.29) is 21.9 Å². The van der Waals surface area contributed by atoms with Crippen LogP contribution in [-0.4, -0.2) is 14.5 Å². The Morgan fingerprint density at radius 3 is 2.81 bits per heavy atom.